The molecule has 1 aliphatic heterocycles. The average Bonchev–Trinajstić information content (AvgIpc) is 2.70. The van der Waals surface area contributed by atoms with Crippen molar-refractivity contribution in [1.29, 1.82) is 0 Å². The van der Waals surface area contributed by atoms with Crippen LogP contribution in [0.15, 0.2) is 12.4 Å². The summed E-state index contributed by atoms with van der Waals surface area (Å²) in [6.45, 7) is 5.51. The van der Waals surface area contributed by atoms with Crippen LogP contribution in [0.5, 0.6) is 0 Å². The number of carbonyl (C=O) groups excluding carboxylic acids is 1. The number of likely N-dealkylation sites (tertiary alicyclic amines) is 1. The maximum absolute atomic E-state index is 12.2. The molecule has 1 fully saturated rings. The molecule has 1 unspecified atom stereocenters. The lowest BCUT2D eigenvalue weighted by Crippen LogP contribution is -2.38. The zero-order valence-electron chi connectivity index (χ0n) is 11.0. The maximum Gasteiger partial charge on any atom is 0.230 e. The molecule has 1 amide bonds. The highest BCUT2D eigenvalue weighted by molar-refractivity contribution is 5.78. The fraction of sp³-hybridized carbons (Fsp3) is 0.692. The molecule has 0 radical (unpaired) electrons. The number of aromatic nitrogens is 2. The number of hydrogen-bond acceptors (Lipinski definition) is 3. The largest absolute Gasteiger partial charge is 0.393 e. The van der Waals surface area contributed by atoms with Gasteiger partial charge in [-0.3, -0.25) is 4.79 Å². The number of H-pyrrole nitrogens is 1. The summed E-state index contributed by atoms with van der Waals surface area (Å²) in [6.07, 6.45) is 4.78. The second kappa shape index (κ2) is 5.10. The van der Waals surface area contributed by atoms with Gasteiger partial charge in [0.05, 0.1) is 12.5 Å². The minimum Gasteiger partial charge on any atom is -0.393 e. The van der Waals surface area contributed by atoms with Crippen LogP contribution in [-0.4, -0.2) is 45.1 Å². The van der Waals surface area contributed by atoms with Gasteiger partial charge >= 0.3 is 0 Å². The van der Waals surface area contributed by atoms with Crippen LogP contribution in [0, 0.1) is 5.41 Å². The smallest absolute Gasteiger partial charge is 0.230 e. The number of nitrogens with one attached hydrogen (secondary N) is 1. The Morgan fingerprint density at radius 3 is 3.11 bits per heavy atom. The zero-order valence-corrected chi connectivity index (χ0v) is 11.0. The van der Waals surface area contributed by atoms with Crippen molar-refractivity contribution < 1.29 is 9.90 Å². The minimum atomic E-state index is -0.304. The van der Waals surface area contributed by atoms with E-state index in [-0.39, 0.29) is 17.4 Å². The average molecular weight is 251 g/mol. The summed E-state index contributed by atoms with van der Waals surface area (Å²) in [4.78, 5) is 21.1. The Bertz CT molecular complexity index is 400. The summed E-state index contributed by atoms with van der Waals surface area (Å²) >= 11 is 0. The van der Waals surface area contributed by atoms with Crippen molar-refractivity contribution in [3.63, 3.8) is 0 Å². The Hall–Kier alpha value is -1.36. The summed E-state index contributed by atoms with van der Waals surface area (Å²) < 4.78 is 0. The number of imidazole rings is 1. The van der Waals surface area contributed by atoms with Crippen molar-refractivity contribution in [3.8, 4) is 0 Å². The van der Waals surface area contributed by atoms with Gasteiger partial charge < -0.3 is 15.0 Å². The van der Waals surface area contributed by atoms with Crippen molar-refractivity contribution in [3.05, 3.63) is 18.2 Å². The van der Waals surface area contributed by atoms with Crippen molar-refractivity contribution in [1.82, 2.24) is 14.9 Å². The SMILES string of the molecule is CC1(C)CC(O)CCN(C(=O)Cc2ncc[nH]2)C1. The molecular weight excluding hydrogens is 230 g/mol. The predicted octanol–water partition coefficient (Wildman–Crippen LogP) is 0.962. The number of aliphatic hydroxyl groups is 1. The molecular formula is C13H21N3O2. The van der Waals surface area contributed by atoms with Crippen LogP contribution in [0.3, 0.4) is 0 Å². The molecule has 1 atom stereocenters. The molecule has 1 aromatic heterocycles. The fourth-order valence-corrected chi connectivity index (χ4v) is 2.57. The first kappa shape index (κ1) is 13.1. The maximum atomic E-state index is 12.2. The molecule has 0 saturated carbocycles. The number of carbonyl (C=O) groups is 1. The van der Waals surface area contributed by atoms with Crippen LogP contribution in [0.1, 0.15) is 32.5 Å². The van der Waals surface area contributed by atoms with Crippen LogP contribution in [-0.2, 0) is 11.2 Å². The molecule has 0 aromatic carbocycles. The lowest BCUT2D eigenvalue weighted by molar-refractivity contribution is -0.131. The number of aliphatic hydroxyl groups excluding tert-OH is 1. The molecule has 1 aliphatic rings. The van der Waals surface area contributed by atoms with E-state index in [9.17, 15) is 9.90 Å². The molecule has 18 heavy (non-hydrogen) atoms. The second-order valence-corrected chi connectivity index (χ2v) is 5.84. The Morgan fingerprint density at radius 1 is 1.67 bits per heavy atom. The molecule has 5 heteroatoms. The Balaban J connectivity index is 2.01. The first-order valence-electron chi connectivity index (χ1n) is 6.40. The quantitative estimate of drug-likeness (QED) is 0.822. The summed E-state index contributed by atoms with van der Waals surface area (Å²) in [5, 5.41) is 9.82. The molecule has 2 rings (SSSR count). The first-order valence-corrected chi connectivity index (χ1v) is 6.40. The Labute approximate surface area is 107 Å². The third-order valence-corrected chi connectivity index (χ3v) is 3.37. The van der Waals surface area contributed by atoms with E-state index >= 15 is 0 Å². The van der Waals surface area contributed by atoms with Gasteiger partial charge in [-0.2, -0.15) is 0 Å². The molecule has 5 nitrogen and oxygen atoms in total. The van der Waals surface area contributed by atoms with Crippen molar-refractivity contribution in [2.45, 2.75) is 39.2 Å². The molecule has 2 heterocycles. The van der Waals surface area contributed by atoms with E-state index in [1.165, 1.54) is 0 Å². The Morgan fingerprint density at radius 2 is 2.44 bits per heavy atom. The second-order valence-electron chi connectivity index (χ2n) is 5.84. The zero-order chi connectivity index (χ0) is 13.2. The van der Waals surface area contributed by atoms with Crippen molar-refractivity contribution in [2.24, 2.45) is 5.41 Å². The Kier molecular flexibility index (Phi) is 3.71. The van der Waals surface area contributed by atoms with Crippen LogP contribution < -0.4 is 0 Å². The van der Waals surface area contributed by atoms with Crippen molar-refractivity contribution in [2.75, 3.05) is 13.1 Å². The first-order chi connectivity index (χ1) is 8.46. The van der Waals surface area contributed by atoms with E-state index in [1.807, 2.05) is 4.90 Å². The van der Waals surface area contributed by atoms with Gasteiger partial charge in [0.15, 0.2) is 0 Å². The van der Waals surface area contributed by atoms with Gasteiger partial charge in [0.25, 0.3) is 0 Å². The number of aromatic amines is 1. The van der Waals surface area contributed by atoms with Gasteiger partial charge in [-0.05, 0) is 18.3 Å². The number of hydrogen-bond donors (Lipinski definition) is 2. The highest BCUT2D eigenvalue weighted by Crippen LogP contribution is 2.28. The minimum absolute atomic E-state index is 0.0330. The van der Waals surface area contributed by atoms with E-state index < -0.39 is 0 Å². The van der Waals surface area contributed by atoms with E-state index in [1.54, 1.807) is 12.4 Å². The summed E-state index contributed by atoms with van der Waals surface area (Å²) in [5.74, 6) is 0.773. The van der Waals surface area contributed by atoms with Gasteiger partial charge in [0.1, 0.15) is 5.82 Å². The van der Waals surface area contributed by atoms with Gasteiger partial charge in [0.2, 0.25) is 5.91 Å². The van der Waals surface area contributed by atoms with E-state index in [0.29, 0.717) is 31.8 Å². The summed E-state index contributed by atoms with van der Waals surface area (Å²) in [7, 11) is 0. The summed E-state index contributed by atoms with van der Waals surface area (Å²) in [6, 6.07) is 0. The monoisotopic (exact) mass is 251 g/mol. The normalized spacial score (nSPS) is 23.7. The third kappa shape index (κ3) is 3.32. The number of nitrogens with zero attached hydrogens (tertiary/aromatic N) is 2. The number of rotatable bonds is 2. The van der Waals surface area contributed by atoms with Gasteiger partial charge in [-0.25, -0.2) is 4.98 Å². The predicted molar refractivity (Wildman–Crippen MR) is 67.9 cm³/mol. The molecule has 0 bridgehead atoms. The van der Waals surface area contributed by atoms with Crippen LogP contribution in [0.4, 0.5) is 0 Å². The van der Waals surface area contributed by atoms with Gasteiger partial charge in [-0.15, -0.1) is 0 Å². The van der Waals surface area contributed by atoms with E-state index in [2.05, 4.69) is 23.8 Å². The standard InChI is InChI=1S/C13H21N3O2/c1-13(2)8-10(17)3-6-16(9-13)12(18)7-11-14-4-5-15-11/h4-5,10,17H,3,6-9H2,1-2H3,(H,14,15). The van der Waals surface area contributed by atoms with E-state index in [4.69, 9.17) is 0 Å². The number of amides is 1. The topological polar surface area (TPSA) is 69.2 Å². The highest BCUT2D eigenvalue weighted by Gasteiger charge is 2.31. The molecule has 1 saturated heterocycles. The van der Waals surface area contributed by atoms with Crippen molar-refractivity contribution >= 4 is 5.91 Å². The van der Waals surface area contributed by atoms with Gasteiger partial charge in [-0.1, -0.05) is 13.8 Å². The third-order valence-electron chi connectivity index (χ3n) is 3.37. The summed E-state index contributed by atoms with van der Waals surface area (Å²) in [5.41, 5.74) is -0.0330. The molecule has 1 aromatic rings. The van der Waals surface area contributed by atoms with E-state index in [0.717, 1.165) is 6.42 Å². The molecule has 100 valence electrons. The molecule has 2 N–H and O–H groups in total. The fourth-order valence-electron chi connectivity index (χ4n) is 2.57. The van der Waals surface area contributed by atoms with Crippen LogP contribution >= 0.6 is 0 Å². The van der Waals surface area contributed by atoms with Crippen LogP contribution in [0.2, 0.25) is 0 Å². The molecule has 0 aliphatic carbocycles. The lowest BCUT2D eigenvalue weighted by atomic mass is 9.87. The molecule has 0 spiro atoms. The lowest BCUT2D eigenvalue weighted by Gasteiger charge is -2.29. The van der Waals surface area contributed by atoms with Crippen LogP contribution in [0.25, 0.3) is 0 Å². The van der Waals surface area contributed by atoms with Gasteiger partial charge in [0, 0.05) is 25.5 Å². The highest BCUT2D eigenvalue weighted by atomic mass is 16.3.